The summed E-state index contributed by atoms with van der Waals surface area (Å²) < 4.78 is 37.0. The summed E-state index contributed by atoms with van der Waals surface area (Å²) in [6, 6.07) is 9.04. The summed E-state index contributed by atoms with van der Waals surface area (Å²) in [5.74, 6) is 0. The number of pyridine rings is 1. The molecule has 1 heterocycles. The van der Waals surface area contributed by atoms with Crippen molar-refractivity contribution >= 4 is 11.6 Å². The second-order valence-electron chi connectivity index (χ2n) is 3.36. The van der Waals surface area contributed by atoms with Crippen molar-refractivity contribution in [2.45, 2.75) is 6.18 Å². The summed E-state index contributed by atoms with van der Waals surface area (Å²) in [5, 5.41) is 0.431. The van der Waals surface area contributed by atoms with Gasteiger partial charge in [-0.3, -0.25) is 4.98 Å². The van der Waals surface area contributed by atoms with Crippen LogP contribution in [-0.4, -0.2) is 4.98 Å². The average molecular weight is 257 g/mol. The van der Waals surface area contributed by atoms with Gasteiger partial charge in [0, 0.05) is 17.8 Å². The highest BCUT2D eigenvalue weighted by atomic mass is 35.5. The van der Waals surface area contributed by atoms with E-state index in [-0.39, 0.29) is 0 Å². The third-order valence-corrected chi connectivity index (χ3v) is 2.36. The first kappa shape index (κ1) is 11.9. The Morgan fingerprint density at radius 3 is 2.24 bits per heavy atom. The highest BCUT2D eigenvalue weighted by Crippen LogP contribution is 2.30. The van der Waals surface area contributed by atoms with Crippen LogP contribution in [0, 0.1) is 6.07 Å². The Labute approximate surface area is 101 Å². The fourth-order valence-corrected chi connectivity index (χ4v) is 1.42. The fraction of sp³-hybridized carbons (Fsp3) is 0.0833. The average Bonchev–Trinajstić information content (AvgIpc) is 2.29. The molecular formula is C12H6ClF3N. The molecule has 1 nitrogen and oxygen atoms in total. The zero-order chi connectivity index (χ0) is 12.5. The molecule has 5 heteroatoms. The molecule has 0 fully saturated rings. The van der Waals surface area contributed by atoms with Gasteiger partial charge in [0.05, 0.1) is 16.3 Å². The third kappa shape index (κ3) is 2.77. The number of benzene rings is 1. The molecule has 0 amide bonds. The van der Waals surface area contributed by atoms with Gasteiger partial charge < -0.3 is 0 Å². The Morgan fingerprint density at radius 1 is 1.12 bits per heavy atom. The summed E-state index contributed by atoms with van der Waals surface area (Å²) in [5.41, 5.74) is 0.341. The number of aromatic nitrogens is 1. The monoisotopic (exact) mass is 256 g/mol. The smallest absolute Gasteiger partial charge is 0.254 e. The fourth-order valence-electron chi connectivity index (χ4n) is 1.31. The van der Waals surface area contributed by atoms with E-state index < -0.39 is 11.7 Å². The van der Waals surface area contributed by atoms with Crippen molar-refractivity contribution in [2.24, 2.45) is 0 Å². The second-order valence-corrected chi connectivity index (χ2v) is 3.79. The molecule has 0 spiro atoms. The van der Waals surface area contributed by atoms with E-state index in [4.69, 9.17) is 11.6 Å². The summed E-state index contributed by atoms with van der Waals surface area (Å²) in [6.45, 7) is 0. The molecular weight excluding hydrogens is 251 g/mol. The van der Waals surface area contributed by atoms with E-state index in [9.17, 15) is 13.2 Å². The largest absolute Gasteiger partial charge is 0.416 e. The molecule has 0 bridgehead atoms. The van der Waals surface area contributed by atoms with Crippen LogP contribution in [0.4, 0.5) is 13.2 Å². The van der Waals surface area contributed by atoms with Gasteiger partial charge in [0.25, 0.3) is 0 Å². The molecule has 2 aromatic rings. The topological polar surface area (TPSA) is 12.9 Å². The molecule has 0 unspecified atom stereocenters. The van der Waals surface area contributed by atoms with E-state index in [1.807, 2.05) is 0 Å². The number of halogens is 4. The van der Waals surface area contributed by atoms with Crippen molar-refractivity contribution in [3.8, 4) is 11.3 Å². The van der Waals surface area contributed by atoms with E-state index in [1.54, 1.807) is 0 Å². The van der Waals surface area contributed by atoms with Crippen molar-refractivity contribution in [3.63, 3.8) is 0 Å². The lowest BCUT2D eigenvalue weighted by molar-refractivity contribution is -0.137. The zero-order valence-electron chi connectivity index (χ0n) is 8.42. The van der Waals surface area contributed by atoms with Gasteiger partial charge in [-0.2, -0.15) is 13.2 Å². The second kappa shape index (κ2) is 4.37. The van der Waals surface area contributed by atoms with Crippen LogP contribution in [0.25, 0.3) is 11.3 Å². The number of rotatable bonds is 1. The SMILES string of the molecule is FC(F)(F)c1ccc(-c2[c]cc(Cl)cn2)cc1. The van der Waals surface area contributed by atoms with Gasteiger partial charge in [-0.15, -0.1) is 0 Å². The van der Waals surface area contributed by atoms with Gasteiger partial charge in [-0.05, 0) is 18.2 Å². The van der Waals surface area contributed by atoms with Crippen LogP contribution >= 0.6 is 11.6 Å². The maximum atomic E-state index is 12.3. The first-order valence-electron chi connectivity index (χ1n) is 4.68. The molecule has 0 N–H and O–H groups in total. The maximum absolute atomic E-state index is 12.3. The number of alkyl halides is 3. The standard InChI is InChI=1S/C12H6ClF3N/c13-10-5-6-11(17-7-10)8-1-3-9(4-2-8)12(14,15)16/h1-5,7H. The molecule has 1 radical (unpaired) electrons. The van der Waals surface area contributed by atoms with Crippen molar-refractivity contribution in [1.29, 1.82) is 0 Å². The van der Waals surface area contributed by atoms with Gasteiger partial charge in [-0.25, -0.2) is 0 Å². The molecule has 87 valence electrons. The number of nitrogens with zero attached hydrogens (tertiary/aromatic N) is 1. The van der Waals surface area contributed by atoms with Crippen LogP contribution in [0.3, 0.4) is 0 Å². The Morgan fingerprint density at radius 2 is 1.76 bits per heavy atom. The van der Waals surface area contributed by atoms with Crippen LogP contribution in [-0.2, 0) is 6.18 Å². The first-order chi connectivity index (χ1) is 7.97. The molecule has 0 aliphatic carbocycles. The number of hydrogen-bond acceptors (Lipinski definition) is 1. The van der Waals surface area contributed by atoms with Crippen molar-refractivity contribution < 1.29 is 13.2 Å². The highest BCUT2D eigenvalue weighted by Gasteiger charge is 2.29. The Bertz CT molecular complexity index is 503. The first-order valence-corrected chi connectivity index (χ1v) is 5.05. The molecule has 0 aliphatic heterocycles. The van der Waals surface area contributed by atoms with Crippen LogP contribution in [0.15, 0.2) is 36.5 Å². The van der Waals surface area contributed by atoms with Crippen LogP contribution < -0.4 is 0 Å². The Balaban J connectivity index is 2.33. The summed E-state index contributed by atoms with van der Waals surface area (Å²) in [6.07, 6.45) is -2.90. The van der Waals surface area contributed by atoms with E-state index >= 15 is 0 Å². The van der Waals surface area contributed by atoms with Crippen LogP contribution in [0.1, 0.15) is 5.56 Å². The third-order valence-electron chi connectivity index (χ3n) is 2.15. The van der Waals surface area contributed by atoms with Gasteiger partial charge in [-0.1, -0.05) is 23.7 Å². The Kier molecular flexibility index (Phi) is 3.07. The Hall–Kier alpha value is -1.55. The predicted molar refractivity (Wildman–Crippen MR) is 58.5 cm³/mol. The van der Waals surface area contributed by atoms with E-state index in [2.05, 4.69) is 11.1 Å². The minimum atomic E-state index is -4.32. The molecule has 0 atom stereocenters. The normalized spacial score (nSPS) is 11.5. The minimum absolute atomic E-state index is 0.431. The highest BCUT2D eigenvalue weighted by molar-refractivity contribution is 6.30. The predicted octanol–water partition coefficient (Wildman–Crippen LogP) is 4.22. The summed E-state index contributed by atoms with van der Waals surface area (Å²) >= 11 is 5.64. The molecule has 0 aliphatic rings. The molecule has 0 saturated carbocycles. The summed E-state index contributed by atoms with van der Waals surface area (Å²) in [7, 11) is 0. The van der Waals surface area contributed by atoms with E-state index in [1.165, 1.54) is 24.4 Å². The van der Waals surface area contributed by atoms with Crippen molar-refractivity contribution in [2.75, 3.05) is 0 Å². The van der Waals surface area contributed by atoms with Crippen LogP contribution in [0.5, 0.6) is 0 Å². The zero-order valence-corrected chi connectivity index (χ0v) is 9.18. The lowest BCUT2D eigenvalue weighted by atomic mass is 10.1. The minimum Gasteiger partial charge on any atom is -0.254 e. The molecule has 0 saturated heterocycles. The molecule has 1 aromatic carbocycles. The van der Waals surface area contributed by atoms with Gasteiger partial charge in [0.15, 0.2) is 0 Å². The van der Waals surface area contributed by atoms with Gasteiger partial charge >= 0.3 is 6.18 Å². The number of hydrogen-bond donors (Lipinski definition) is 0. The van der Waals surface area contributed by atoms with E-state index in [0.717, 1.165) is 12.1 Å². The van der Waals surface area contributed by atoms with Gasteiger partial charge in [0.2, 0.25) is 0 Å². The quantitative estimate of drug-likeness (QED) is 0.744. The maximum Gasteiger partial charge on any atom is 0.416 e. The lowest BCUT2D eigenvalue weighted by Gasteiger charge is -2.07. The molecule has 17 heavy (non-hydrogen) atoms. The van der Waals surface area contributed by atoms with Crippen LogP contribution in [0.2, 0.25) is 5.02 Å². The van der Waals surface area contributed by atoms with E-state index in [0.29, 0.717) is 16.3 Å². The summed E-state index contributed by atoms with van der Waals surface area (Å²) in [4.78, 5) is 3.97. The molecule has 1 aromatic heterocycles. The molecule has 2 rings (SSSR count). The lowest BCUT2D eigenvalue weighted by Crippen LogP contribution is -2.04. The van der Waals surface area contributed by atoms with Gasteiger partial charge in [0.1, 0.15) is 0 Å². The van der Waals surface area contributed by atoms with Crippen molar-refractivity contribution in [3.05, 3.63) is 53.2 Å². The van der Waals surface area contributed by atoms with Crippen molar-refractivity contribution in [1.82, 2.24) is 4.98 Å².